The van der Waals surface area contributed by atoms with E-state index in [4.69, 9.17) is 4.55 Å². The van der Waals surface area contributed by atoms with Crippen molar-refractivity contribution in [1.29, 1.82) is 0 Å². The summed E-state index contributed by atoms with van der Waals surface area (Å²) in [6, 6.07) is 0. The van der Waals surface area contributed by atoms with Crippen LogP contribution in [-0.4, -0.2) is 32.9 Å². The van der Waals surface area contributed by atoms with E-state index in [-0.39, 0.29) is 6.17 Å². The van der Waals surface area contributed by atoms with Crippen LogP contribution in [0.5, 0.6) is 0 Å². The molecule has 0 rings (SSSR count). The molecule has 0 saturated carbocycles. The zero-order valence-electron chi connectivity index (χ0n) is 7.91. The second-order valence-electron chi connectivity index (χ2n) is 2.51. The highest BCUT2D eigenvalue weighted by Crippen LogP contribution is 1.99. The van der Waals surface area contributed by atoms with Crippen LogP contribution in [0.25, 0.3) is 0 Å². The van der Waals surface area contributed by atoms with Crippen LogP contribution in [0.1, 0.15) is 27.2 Å². The average Bonchev–Trinajstić information content (AvgIpc) is 2.04. The van der Waals surface area contributed by atoms with E-state index >= 15 is 0 Å². The molecule has 0 spiro atoms. The van der Waals surface area contributed by atoms with Gasteiger partial charge in [0.25, 0.3) is 0 Å². The van der Waals surface area contributed by atoms with Crippen molar-refractivity contribution < 1.29 is 8.76 Å². The Hall–Kier alpha value is 0.0300. The van der Waals surface area contributed by atoms with Crippen LogP contribution in [0.3, 0.4) is 0 Å². The Labute approximate surface area is 76.8 Å². The zero-order valence-corrected chi connectivity index (χ0v) is 8.73. The van der Waals surface area contributed by atoms with Gasteiger partial charge in [-0.25, -0.2) is 4.21 Å². The van der Waals surface area contributed by atoms with Gasteiger partial charge in [-0.2, -0.15) is 4.72 Å². The first kappa shape index (κ1) is 12.0. The maximum atomic E-state index is 10.5. The minimum Gasteiger partial charge on any atom is -0.294 e. The smallest absolute Gasteiger partial charge is 0.233 e. The van der Waals surface area contributed by atoms with Crippen molar-refractivity contribution in [1.82, 2.24) is 9.62 Å². The van der Waals surface area contributed by atoms with Gasteiger partial charge in [-0.3, -0.25) is 9.45 Å². The molecule has 0 heterocycles. The summed E-state index contributed by atoms with van der Waals surface area (Å²) in [6.45, 7) is 7.84. The lowest BCUT2D eigenvalue weighted by atomic mass is 10.3. The molecular formula is C7H18N2O2S. The summed E-state index contributed by atoms with van der Waals surface area (Å²) in [5.41, 5.74) is 0. The molecule has 2 N–H and O–H groups in total. The molecule has 0 aliphatic carbocycles. The molecule has 4 nitrogen and oxygen atoms in total. The quantitative estimate of drug-likeness (QED) is 0.485. The molecule has 0 aliphatic rings. The Morgan fingerprint density at radius 2 is 1.92 bits per heavy atom. The van der Waals surface area contributed by atoms with Gasteiger partial charge in [-0.1, -0.05) is 20.8 Å². The normalized spacial score (nSPS) is 16.4. The third-order valence-electron chi connectivity index (χ3n) is 1.88. The fourth-order valence-corrected chi connectivity index (χ4v) is 1.75. The van der Waals surface area contributed by atoms with Crippen LogP contribution < -0.4 is 4.72 Å². The van der Waals surface area contributed by atoms with Crippen LogP contribution in [-0.2, 0) is 11.3 Å². The summed E-state index contributed by atoms with van der Waals surface area (Å²) < 4.78 is 21.7. The number of hydrogen-bond acceptors (Lipinski definition) is 2. The minimum absolute atomic E-state index is 0.00540. The molecule has 2 unspecified atom stereocenters. The first-order valence-corrected chi connectivity index (χ1v) is 5.37. The van der Waals surface area contributed by atoms with E-state index in [9.17, 15) is 4.21 Å². The van der Waals surface area contributed by atoms with Gasteiger partial charge >= 0.3 is 0 Å². The molecular weight excluding hydrogens is 176 g/mol. The van der Waals surface area contributed by atoms with Crippen molar-refractivity contribution in [3.63, 3.8) is 0 Å². The molecule has 5 heteroatoms. The van der Waals surface area contributed by atoms with Crippen LogP contribution in [0.4, 0.5) is 0 Å². The molecule has 12 heavy (non-hydrogen) atoms. The van der Waals surface area contributed by atoms with Gasteiger partial charge in [0, 0.05) is 0 Å². The molecule has 0 aromatic heterocycles. The average molecular weight is 194 g/mol. The Kier molecular flexibility index (Phi) is 6.55. The van der Waals surface area contributed by atoms with E-state index < -0.39 is 11.3 Å². The number of hydrogen-bond donors (Lipinski definition) is 2. The van der Waals surface area contributed by atoms with Crippen LogP contribution in [0.15, 0.2) is 0 Å². The second kappa shape index (κ2) is 6.54. The Morgan fingerprint density at radius 3 is 2.17 bits per heavy atom. The molecule has 74 valence electrons. The van der Waals surface area contributed by atoms with Crippen molar-refractivity contribution in [2.24, 2.45) is 0 Å². The lowest BCUT2D eigenvalue weighted by Gasteiger charge is -2.27. The van der Waals surface area contributed by atoms with Crippen molar-refractivity contribution >= 4 is 11.3 Å². The minimum atomic E-state index is -1.91. The van der Waals surface area contributed by atoms with Gasteiger partial charge in [-0.15, -0.1) is 0 Å². The standard InChI is InChI=1S/C7H18N2O2S/c1-4-7(8-12(10)11)9(5-2)6-3/h7-8H,4-6H2,1-3H3,(H,10,11). The molecule has 2 atom stereocenters. The molecule has 0 aromatic carbocycles. The molecule has 0 radical (unpaired) electrons. The van der Waals surface area contributed by atoms with E-state index in [0.29, 0.717) is 0 Å². The fourth-order valence-electron chi connectivity index (χ4n) is 1.20. The topological polar surface area (TPSA) is 52.6 Å². The predicted octanol–water partition coefficient (Wildman–Crippen LogP) is 0.791. The van der Waals surface area contributed by atoms with E-state index in [0.717, 1.165) is 19.5 Å². The van der Waals surface area contributed by atoms with Gasteiger partial charge in [0.2, 0.25) is 11.3 Å². The molecule has 0 aliphatic heterocycles. The monoisotopic (exact) mass is 194 g/mol. The Morgan fingerprint density at radius 1 is 1.42 bits per heavy atom. The second-order valence-corrected chi connectivity index (χ2v) is 3.25. The van der Waals surface area contributed by atoms with E-state index in [2.05, 4.69) is 9.62 Å². The van der Waals surface area contributed by atoms with Gasteiger partial charge in [0.1, 0.15) is 0 Å². The third kappa shape index (κ3) is 4.15. The maximum absolute atomic E-state index is 10.5. The molecule has 0 fully saturated rings. The highest BCUT2D eigenvalue weighted by Gasteiger charge is 2.14. The zero-order chi connectivity index (χ0) is 9.56. The van der Waals surface area contributed by atoms with E-state index in [1.54, 1.807) is 0 Å². The van der Waals surface area contributed by atoms with Crippen molar-refractivity contribution in [2.45, 2.75) is 33.4 Å². The maximum Gasteiger partial charge on any atom is 0.233 e. The van der Waals surface area contributed by atoms with Crippen molar-refractivity contribution in [3.05, 3.63) is 0 Å². The molecule has 0 aromatic rings. The van der Waals surface area contributed by atoms with E-state index in [1.807, 2.05) is 20.8 Å². The lowest BCUT2D eigenvalue weighted by molar-refractivity contribution is 0.199. The van der Waals surface area contributed by atoms with Gasteiger partial charge in [-0.05, 0) is 19.5 Å². The first-order valence-electron chi connectivity index (χ1n) is 4.26. The van der Waals surface area contributed by atoms with E-state index in [1.165, 1.54) is 0 Å². The Bertz CT molecular complexity index is 139. The SMILES string of the molecule is CCC(NS(=O)O)N(CC)CC. The van der Waals surface area contributed by atoms with Gasteiger partial charge in [0.15, 0.2) is 0 Å². The van der Waals surface area contributed by atoms with Crippen molar-refractivity contribution in [2.75, 3.05) is 13.1 Å². The lowest BCUT2D eigenvalue weighted by Crippen LogP contribution is -2.45. The summed E-state index contributed by atoms with van der Waals surface area (Å²) in [6.07, 6.45) is 0.833. The number of nitrogens with zero attached hydrogens (tertiary/aromatic N) is 1. The Balaban J connectivity index is 4.01. The summed E-state index contributed by atoms with van der Waals surface area (Å²) in [4.78, 5) is 2.11. The number of rotatable bonds is 6. The molecule has 0 saturated heterocycles. The summed E-state index contributed by atoms with van der Waals surface area (Å²) in [5, 5.41) is 0. The third-order valence-corrected chi connectivity index (χ3v) is 2.35. The molecule has 0 bridgehead atoms. The summed E-state index contributed by atoms with van der Waals surface area (Å²) >= 11 is -1.91. The number of nitrogens with one attached hydrogen (secondary N) is 1. The highest BCUT2D eigenvalue weighted by molar-refractivity contribution is 7.77. The summed E-state index contributed by atoms with van der Waals surface area (Å²) in [5.74, 6) is 0. The van der Waals surface area contributed by atoms with Crippen LogP contribution >= 0.6 is 0 Å². The van der Waals surface area contributed by atoms with Gasteiger partial charge < -0.3 is 0 Å². The fraction of sp³-hybridized carbons (Fsp3) is 1.00. The van der Waals surface area contributed by atoms with Crippen molar-refractivity contribution in [3.8, 4) is 0 Å². The molecule has 0 amide bonds. The van der Waals surface area contributed by atoms with Crippen LogP contribution in [0, 0.1) is 0 Å². The predicted molar refractivity (Wildman–Crippen MR) is 50.9 cm³/mol. The summed E-state index contributed by atoms with van der Waals surface area (Å²) in [7, 11) is 0. The highest BCUT2D eigenvalue weighted by atomic mass is 32.2. The first-order chi connectivity index (χ1) is 5.65. The van der Waals surface area contributed by atoms with Gasteiger partial charge in [0.05, 0.1) is 6.17 Å². The largest absolute Gasteiger partial charge is 0.294 e. The van der Waals surface area contributed by atoms with Crippen LogP contribution in [0.2, 0.25) is 0 Å².